The van der Waals surface area contributed by atoms with E-state index in [4.69, 9.17) is 0 Å². The number of aryl methyl sites for hydroxylation is 1. The summed E-state index contributed by atoms with van der Waals surface area (Å²) in [5.74, 6) is 0. The highest BCUT2D eigenvalue weighted by atomic mass is 32.1. The first-order chi connectivity index (χ1) is 7.89. The predicted octanol–water partition coefficient (Wildman–Crippen LogP) is 3.55. The van der Waals surface area contributed by atoms with Crippen LogP contribution in [0.2, 0.25) is 0 Å². The zero-order valence-corrected chi connectivity index (χ0v) is 12.3. The predicted molar refractivity (Wildman–Crippen MR) is 74.6 cm³/mol. The van der Waals surface area contributed by atoms with Crippen molar-refractivity contribution in [3.8, 4) is 0 Å². The molecule has 0 spiro atoms. The fourth-order valence-electron chi connectivity index (χ4n) is 2.35. The highest BCUT2D eigenvalue weighted by Gasteiger charge is 2.38. The summed E-state index contributed by atoms with van der Waals surface area (Å²) in [5, 5.41) is 7.15. The van der Waals surface area contributed by atoms with Crippen molar-refractivity contribution in [2.24, 2.45) is 5.41 Å². The van der Waals surface area contributed by atoms with E-state index in [2.05, 4.69) is 43.4 Å². The van der Waals surface area contributed by atoms with Crippen LogP contribution in [0.4, 0.5) is 0 Å². The molecular formula is C14H24N2S. The van der Waals surface area contributed by atoms with Gasteiger partial charge in [-0.15, -0.1) is 11.3 Å². The minimum atomic E-state index is 0.224. The Morgan fingerprint density at radius 2 is 2.12 bits per heavy atom. The molecule has 1 aromatic rings. The summed E-state index contributed by atoms with van der Waals surface area (Å²) in [7, 11) is 0. The molecule has 1 aliphatic carbocycles. The summed E-state index contributed by atoms with van der Waals surface area (Å²) < 4.78 is 0. The van der Waals surface area contributed by atoms with Gasteiger partial charge in [0.1, 0.15) is 0 Å². The monoisotopic (exact) mass is 252 g/mol. The maximum atomic E-state index is 4.61. The van der Waals surface area contributed by atoms with Gasteiger partial charge < -0.3 is 5.32 Å². The van der Waals surface area contributed by atoms with E-state index in [0.717, 1.165) is 13.0 Å². The van der Waals surface area contributed by atoms with Crippen LogP contribution in [0, 0.1) is 12.3 Å². The number of hydrogen-bond acceptors (Lipinski definition) is 3. The second kappa shape index (κ2) is 4.69. The van der Waals surface area contributed by atoms with E-state index < -0.39 is 0 Å². The number of aromatic nitrogens is 1. The quantitative estimate of drug-likeness (QED) is 0.886. The van der Waals surface area contributed by atoms with Gasteiger partial charge in [0.25, 0.3) is 0 Å². The van der Waals surface area contributed by atoms with Gasteiger partial charge in [-0.1, -0.05) is 6.42 Å². The molecule has 1 aromatic heterocycles. The minimum Gasteiger partial charge on any atom is -0.312 e. The van der Waals surface area contributed by atoms with E-state index in [9.17, 15) is 0 Å². The number of hydrogen-bond donors (Lipinski definition) is 1. The third kappa shape index (κ3) is 3.52. The van der Waals surface area contributed by atoms with E-state index in [-0.39, 0.29) is 5.54 Å². The molecule has 1 aliphatic rings. The smallest absolute Gasteiger partial charge is 0.0934 e. The van der Waals surface area contributed by atoms with Crippen LogP contribution in [-0.4, -0.2) is 17.1 Å². The Morgan fingerprint density at radius 3 is 2.53 bits per heavy atom. The fourth-order valence-corrected chi connectivity index (χ4v) is 3.30. The Labute approximate surface area is 109 Å². The number of thiazole rings is 1. The fraction of sp³-hybridized carbons (Fsp3) is 0.786. The van der Waals surface area contributed by atoms with Crippen molar-refractivity contribution in [2.75, 3.05) is 6.54 Å². The lowest BCUT2D eigenvalue weighted by Gasteiger charge is -2.43. The average Bonchev–Trinajstić information content (AvgIpc) is 2.54. The molecule has 3 heteroatoms. The molecule has 0 saturated heterocycles. The zero-order valence-electron chi connectivity index (χ0n) is 11.5. The van der Waals surface area contributed by atoms with Gasteiger partial charge in [-0.05, 0) is 46.0 Å². The Morgan fingerprint density at radius 1 is 1.41 bits per heavy atom. The van der Waals surface area contributed by atoms with E-state index in [1.165, 1.54) is 30.0 Å². The van der Waals surface area contributed by atoms with Crippen LogP contribution in [0.15, 0.2) is 5.38 Å². The van der Waals surface area contributed by atoms with Gasteiger partial charge in [0, 0.05) is 29.6 Å². The summed E-state index contributed by atoms with van der Waals surface area (Å²) in [4.78, 5) is 4.61. The van der Waals surface area contributed by atoms with Crippen molar-refractivity contribution >= 4 is 11.3 Å². The Hall–Kier alpha value is -0.410. The zero-order chi connectivity index (χ0) is 12.5. The maximum absolute atomic E-state index is 4.61. The van der Waals surface area contributed by atoms with Gasteiger partial charge in [0.15, 0.2) is 0 Å². The molecule has 0 amide bonds. The first kappa shape index (κ1) is 13.0. The summed E-state index contributed by atoms with van der Waals surface area (Å²) in [6.07, 6.45) is 5.26. The molecule has 1 fully saturated rings. The van der Waals surface area contributed by atoms with Crippen molar-refractivity contribution in [1.29, 1.82) is 0 Å². The van der Waals surface area contributed by atoms with Crippen LogP contribution in [0.5, 0.6) is 0 Å². The van der Waals surface area contributed by atoms with Gasteiger partial charge in [0.05, 0.1) is 5.01 Å². The van der Waals surface area contributed by atoms with E-state index >= 15 is 0 Å². The van der Waals surface area contributed by atoms with Crippen molar-refractivity contribution in [1.82, 2.24) is 10.3 Å². The summed E-state index contributed by atoms with van der Waals surface area (Å²) >= 11 is 1.82. The molecule has 0 atom stereocenters. The van der Waals surface area contributed by atoms with Crippen LogP contribution < -0.4 is 5.32 Å². The SMILES string of the molecule is Cc1csc(CC2(CNC(C)(C)C)CCC2)n1. The van der Waals surface area contributed by atoms with Gasteiger partial charge in [-0.3, -0.25) is 0 Å². The molecule has 1 N–H and O–H groups in total. The van der Waals surface area contributed by atoms with Crippen LogP contribution in [0.25, 0.3) is 0 Å². The second-order valence-electron chi connectivity index (χ2n) is 6.52. The topological polar surface area (TPSA) is 24.9 Å². The number of rotatable bonds is 4. The average molecular weight is 252 g/mol. The molecule has 2 rings (SSSR count). The maximum Gasteiger partial charge on any atom is 0.0934 e. The largest absolute Gasteiger partial charge is 0.312 e. The van der Waals surface area contributed by atoms with E-state index in [1.807, 2.05) is 11.3 Å². The number of nitrogens with one attached hydrogen (secondary N) is 1. The van der Waals surface area contributed by atoms with Gasteiger partial charge >= 0.3 is 0 Å². The van der Waals surface area contributed by atoms with Crippen LogP contribution in [0.1, 0.15) is 50.7 Å². The standard InChI is InChI=1S/C14H24N2S/c1-11-9-17-12(16-11)8-14(6-5-7-14)10-15-13(2,3)4/h9,15H,5-8,10H2,1-4H3. The summed E-state index contributed by atoms with van der Waals surface area (Å²) in [5.41, 5.74) is 1.88. The van der Waals surface area contributed by atoms with Crippen molar-refractivity contribution < 1.29 is 0 Å². The molecule has 96 valence electrons. The van der Waals surface area contributed by atoms with Crippen LogP contribution in [0.3, 0.4) is 0 Å². The Bertz CT molecular complexity index is 372. The lowest BCUT2D eigenvalue weighted by molar-refractivity contribution is 0.118. The molecule has 1 heterocycles. The molecule has 0 radical (unpaired) electrons. The first-order valence-electron chi connectivity index (χ1n) is 6.55. The van der Waals surface area contributed by atoms with Gasteiger partial charge in [-0.2, -0.15) is 0 Å². The van der Waals surface area contributed by atoms with Crippen molar-refractivity contribution in [2.45, 2.75) is 58.9 Å². The van der Waals surface area contributed by atoms with Gasteiger partial charge in [0.2, 0.25) is 0 Å². The Balaban J connectivity index is 1.95. The third-order valence-electron chi connectivity index (χ3n) is 3.60. The number of nitrogens with zero attached hydrogens (tertiary/aromatic N) is 1. The lowest BCUT2D eigenvalue weighted by atomic mass is 9.66. The summed E-state index contributed by atoms with van der Waals surface area (Å²) in [6, 6.07) is 0. The highest BCUT2D eigenvalue weighted by molar-refractivity contribution is 7.09. The van der Waals surface area contributed by atoms with Gasteiger partial charge in [-0.25, -0.2) is 4.98 Å². The summed E-state index contributed by atoms with van der Waals surface area (Å²) in [6.45, 7) is 9.95. The molecule has 0 aromatic carbocycles. The van der Waals surface area contributed by atoms with Crippen LogP contribution >= 0.6 is 11.3 Å². The highest BCUT2D eigenvalue weighted by Crippen LogP contribution is 2.43. The van der Waals surface area contributed by atoms with Crippen molar-refractivity contribution in [3.05, 3.63) is 16.1 Å². The molecule has 0 aliphatic heterocycles. The Kier molecular flexibility index (Phi) is 3.60. The van der Waals surface area contributed by atoms with Crippen molar-refractivity contribution in [3.63, 3.8) is 0 Å². The lowest BCUT2D eigenvalue weighted by Crippen LogP contribution is -2.47. The minimum absolute atomic E-state index is 0.224. The molecule has 0 unspecified atom stereocenters. The second-order valence-corrected chi connectivity index (χ2v) is 7.46. The first-order valence-corrected chi connectivity index (χ1v) is 7.43. The molecule has 17 heavy (non-hydrogen) atoms. The molecule has 2 nitrogen and oxygen atoms in total. The van der Waals surface area contributed by atoms with E-state index in [1.54, 1.807) is 0 Å². The van der Waals surface area contributed by atoms with E-state index in [0.29, 0.717) is 5.41 Å². The van der Waals surface area contributed by atoms with Crippen LogP contribution in [-0.2, 0) is 6.42 Å². The molecule has 1 saturated carbocycles. The molecular weight excluding hydrogens is 228 g/mol. The molecule has 0 bridgehead atoms. The third-order valence-corrected chi connectivity index (χ3v) is 4.57. The normalized spacial score (nSPS) is 19.1.